The first-order valence-electron chi connectivity index (χ1n) is 9.02. The highest BCUT2D eigenvalue weighted by Crippen LogP contribution is 2.27. The smallest absolute Gasteiger partial charge is 0.243 e. The number of aromatic nitrogens is 2. The van der Waals surface area contributed by atoms with Crippen molar-refractivity contribution in [1.29, 1.82) is 0 Å². The molecule has 0 atom stereocenters. The van der Waals surface area contributed by atoms with Crippen molar-refractivity contribution in [3.05, 3.63) is 59.4 Å². The first-order valence-corrected chi connectivity index (χ1v) is 10.8. The molecule has 0 spiro atoms. The molecule has 7 nitrogen and oxygen atoms in total. The minimum atomic E-state index is -0.350. The van der Waals surface area contributed by atoms with Crippen molar-refractivity contribution in [2.75, 3.05) is 22.9 Å². The Bertz CT molecular complexity index is 1060. The second-order valence-corrected chi connectivity index (χ2v) is 8.57. The van der Waals surface area contributed by atoms with E-state index < -0.39 is 0 Å². The van der Waals surface area contributed by atoms with E-state index in [1.54, 1.807) is 12.1 Å². The molecule has 0 aliphatic rings. The third-order valence-corrected chi connectivity index (χ3v) is 6.11. The van der Waals surface area contributed by atoms with Crippen LogP contribution in [-0.2, 0) is 9.59 Å². The van der Waals surface area contributed by atoms with Crippen LogP contribution in [0.4, 0.5) is 20.9 Å². The van der Waals surface area contributed by atoms with Crippen LogP contribution >= 0.6 is 23.1 Å². The summed E-state index contributed by atoms with van der Waals surface area (Å²) in [4.78, 5) is 24.1. The van der Waals surface area contributed by atoms with E-state index in [2.05, 4.69) is 26.1 Å². The van der Waals surface area contributed by atoms with Gasteiger partial charge in [0.2, 0.25) is 16.9 Å². The van der Waals surface area contributed by atoms with Gasteiger partial charge in [-0.15, -0.1) is 10.2 Å². The van der Waals surface area contributed by atoms with Crippen LogP contribution < -0.4 is 16.0 Å². The largest absolute Gasteiger partial charge is 0.346 e. The van der Waals surface area contributed by atoms with Crippen LogP contribution in [0.5, 0.6) is 0 Å². The molecule has 0 unspecified atom stereocenters. The molecule has 0 fully saturated rings. The van der Waals surface area contributed by atoms with Crippen LogP contribution in [0.2, 0.25) is 0 Å². The fraction of sp³-hybridized carbons (Fsp3) is 0.200. The van der Waals surface area contributed by atoms with Crippen LogP contribution in [0.1, 0.15) is 11.1 Å². The van der Waals surface area contributed by atoms with Crippen molar-refractivity contribution < 1.29 is 14.0 Å². The number of nitrogens with zero attached hydrogens (tertiary/aromatic N) is 2. The van der Waals surface area contributed by atoms with Gasteiger partial charge < -0.3 is 16.0 Å². The molecule has 10 heteroatoms. The minimum absolute atomic E-state index is 0.103. The number of hydrogen-bond donors (Lipinski definition) is 3. The molecule has 2 aromatic carbocycles. The standard InChI is InChI=1S/C20H20FN5O2S2/c1-12-5-3-8-16(13(12)2)24-17(27)10-22-18(28)11-29-20-26-25-19(30-20)23-15-7-4-6-14(21)9-15/h3-9H,10-11H2,1-2H3,(H,22,28)(H,23,25)(H,24,27). The number of carbonyl (C=O) groups is 2. The topological polar surface area (TPSA) is 96.0 Å². The van der Waals surface area contributed by atoms with Gasteiger partial charge in [-0.05, 0) is 49.2 Å². The zero-order chi connectivity index (χ0) is 21.5. The van der Waals surface area contributed by atoms with Crippen molar-refractivity contribution in [1.82, 2.24) is 15.5 Å². The summed E-state index contributed by atoms with van der Waals surface area (Å²) in [6.07, 6.45) is 0. The van der Waals surface area contributed by atoms with Crippen LogP contribution in [0.25, 0.3) is 0 Å². The summed E-state index contributed by atoms with van der Waals surface area (Å²) in [6, 6.07) is 11.7. The van der Waals surface area contributed by atoms with Crippen LogP contribution in [-0.4, -0.2) is 34.3 Å². The Morgan fingerprint density at radius 1 is 1.10 bits per heavy atom. The average molecular weight is 446 g/mol. The molecule has 156 valence electrons. The Morgan fingerprint density at radius 3 is 2.70 bits per heavy atom. The van der Waals surface area contributed by atoms with E-state index in [9.17, 15) is 14.0 Å². The summed E-state index contributed by atoms with van der Waals surface area (Å²) in [7, 11) is 0. The van der Waals surface area contributed by atoms with E-state index >= 15 is 0 Å². The van der Waals surface area contributed by atoms with Gasteiger partial charge in [0.15, 0.2) is 4.34 Å². The Labute approximate surface area is 181 Å². The summed E-state index contributed by atoms with van der Waals surface area (Å²) < 4.78 is 13.8. The van der Waals surface area contributed by atoms with Gasteiger partial charge in [0.1, 0.15) is 5.82 Å². The molecule has 0 aliphatic carbocycles. The normalized spacial score (nSPS) is 10.5. The number of hydrogen-bond acceptors (Lipinski definition) is 7. The third kappa shape index (κ3) is 6.26. The molecule has 2 amide bonds. The van der Waals surface area contributed by atoms with E-state index in [-0.39, 0.29) is 29.9 Å². The summed E-state index contributed by atoms with van der Waals surface area (Å²) in [5.74, 6) is -0.825. The molecule has 1 heterocycles. The zero-order valence-corrected chi connectivity index (χ0v) is 18.0. The molecule has 3 rings (SSSR count). The monoisotopic (exact) mass is 445 g/mol. The van der Waals surface area contributed by atoms with Gasteiger partial charge in [0.25, 0.3) is 0 Å². The number of halogens is 1. The molecule has 1 aromatic heterocycles. The quantitative estimate of drug-likeness (QED) is 0.456. The van der Waals surface area contributed by atoms with Crippen molar-refractivity contribution in [2.24, 2.45) is 0 Å². The maximum Gasteiger partial charge on any atom is 0.243 e. The number of carbonyl (C=O) groups excluding carboxylic acids is 2. The fourth-order valence-electron chi connectivity index (χ4n) is 2.45. The Morgan fingerprint density at radius 2 is 1.90 bits per heavy atom. The van der Waals surface area contributed by atoms with E-state index in [1.807, 2.05) is 32.0 Å². The molecular weight excluding hydrogens is 425 g/mol. The summed E-state index contributed by atoms with van der Waals surface area (Å²) in [5.41, 5.74) is 3.37. The van der Waals surface area contributed by atoms with Gasteiger partial charge in [-0.1, -0.05) is 41.3 Å². The second kappa shape index (κ2) is 10.2. The summed E-state index contributed by atoms with van der Waals surface area (Å²) in [5, 5.41) is 16.8. The number of benzene rings is 2. The van der Waals surface area contributed by atoms with Gasteiger partial charge in [0, 0.05) is 11.4 Å². The highest BCUT2D eigenvalue weighted by molar-refractivity contribution is 8.01. The number of nitrogens with one attached hydrogen (secondary N) is 3. The Balaban J connectivity index is 1.42. The molecule has 0 saturated heterocycles. The Kier molecular flexibility index (Phi) is 7.36. The van der Waals surface area contributed by atoms with Gasteiger partial charge >= 0.3 is 0 Å². The number of aryl methyl sites for hydroxylation is 1. The van der Waals surface area contributed by atoms with E-state index in [0.717, 1.165) is 16.8 Å². The van der Waals surface area contributed by atoms with Gasteiger partial charge in [-0.25, -0.2) is 4.39 Å². The molecular formula is C20H20FN5O2S2. The van der Waals surface area contributed by atoms with E-state index in [0.29, 0.717) is 15.2 Å². The maximum absolute atomic E-state index is 13.2. The maximum atomic E-state index is 13.2. The highest BCUT2D eigenvalue weighted by atomic mass is 32.2. The van der Waals surface area contributed by atoms with Gasteiger partial charge in [0.05, 0.1) is 12.3 Å². The average Bonchev–Trinajstić information content (AvgIpc) is 3.15. The van der Waals surface area contributed by atoms with Crippen molar-refractivity contribution in [3.8, 4) is 0 Å². The molecule has 0 aliphatic heterocycles. The lowest BCUT2D eigenvalue weighted by Gasteiger charge is -2.10. The number of amides is 2. The predicted molar refractivity (Wildman–Crippen MR) is 118 cm³/mol. The molecule has 3 N–H and O–H groups in total. The summed E-state index contributed by atoms with van der Waals surface area (Å²) >= 11 is 2.46. The van der Waals surface area contributed by atoms with Crippen molar-refractivity contribution in [2.45, 2.75) is 18.2 Å². The number of thioether (sulfide) groups is 1. The number of anilines is 3. The zero-order valence-electron chi connectivity index (χ0n) is 16.4. The molecule has 3 aromatic rings. The number of rotatable bonds is 8. The first kappa shape index (κ1) is 21.7. The van der Waals surface area contributed by atoms with E-state index in [4.69, 9.17) is 0 Å². The minimum Gasteiger partial charge on any atom is -0.346 e. The lowest BCUT2D eigenvalue weighted by atomic mass is 10.1. The van der Waals surface area contributed by atoms with E-state index in [1.165, 1.54) is 35.2 Å². The first-order chi connectivity index (χ1) is 14.4. The second-order valence-electron chi connectivity index (χ2n) is 6.37. The summed E-state index contributed by atoms with van der Waals surface area (Å²) in [6.45, 7) is 3.78. The lowest BCUT2D eigenvalue weighted by molar-refractivity contribution is -0.122. The lowest BCUT2D eigenvalue weighted by Crippen LogP contribution is -2.34. The van der Waals surface area contributed by atoms with Crippen LogP contribution in [0.15, 0.2) is 46.8 Å². The Hall–Kier alpha value is -2.98. The third-order valence-electron chi connectivity index (χ3n) is 4.13. The van der Waals surface area contributed by atoms with Crippen LogP contribution in [0, 0.1) is 19.7 Å². The van der Waals surface area contributed by atoms with Crippen molar-refractivity contribution >= 4 is 51.4 Å². The fourth-order valence-corrected chi connectivity index (χ4v) is 4.05. The predicted octanol–water partition coefficient (Wildman–Crippen LogP) is 3.88. The SMILES string of the molecule is Cc1cccc(NC(=O)CNC(=O)CSc2nnc(Nc3cccc(F)c3)s2)c1C. The molecule has 30 heavy (non-hydrogen) atoms. The molecule has 0 saturated carbocycles. The van der Waals surface area contributed by atoms with Gasteiger partial charge in [-0.3, -0.25) is 9.59 Å². The molecule has 0 radical (unpaired) electrons. The highest BCUT2D eigenvalue weighted by Gasteiger charge is 2.11. The van der Waals surface area contributed by atoms with Crippen molar-refractivity contribution in [3.63, 3.8) is 0 Å². The van der Waals surface area contributed by atoms with Crippen LogP contribution in [0.3, 0.4) is 0 Å². The van der Waals surface area contributed by atoms with Gasteiger partial charge in [-0.2, -0.15) is 0 Å². The molecule has 0 bridgehead atoms.